The maximum atomic E-state index is 10.4. The molecule has 74 valence electrons. The minimum absolute atomic E-state index is 0.266. The van der Waals surface area contributed by atoms with Crippen molar-refractivity contribution in [2.75, 3.05) is 5.33 Å². The summed E-state index contributed by atoms with van der Waals surface area (Å²) in [7, 11) is 0. The van der Waals surface area contributed by atoms with E-state index in [2.05, 4.69) is 15.9 Å². The van der Waals surface area contributed by atoms with Gasteiger partial charge in [-0.15, -0.1) is 0 Å². The summed E-state index contributed by atoms with van der Waals surface area (Å²) in [5.74, 6) is 1.67. The summed E-state index contributed by atoms with van der Waals surface area (Å²) < 4.78 is 0. The van der Waals surface area contributed by atoms with E-state index in [0.717, 1.165) is 36.4 Å². The molecular formula is C11H17BrO. The fourth-order valence-corrected chi connectivity index (χ4v) is 5.21. The van der Waals surface area contributed by atoms with Gasteiger partial charge in [0.05, 0.1) is 5.60 Å². The van der Waals surface area contributed by atoms with Crippen molar-refractivity contribution in [2.45, 2.75) is 44.1 Å². The van der Waals surface area contributed by atoms with Crippen LogP contribution in [0, 0.1) is 17.3 Å². The minimum atomic E-state index is -0.266. The van der Waals surface area contributed by atoms with E-state index < -0.39 is 0 Å². The van der Waals surface area contributed by atoms with Gasteiger partial charge in [-0.2, -0.15) is 0 Å². The first-order chi connectivity index (χ1) is 6.13. The Hall–Kier alpha value is 0.440. The second-order valence-electron chi connectivity index (χ2n) is 5.82. The molecule has 1 N–H and O–H groups in total. The zero-order valence-corrected chi connectivity index (χ0v) is 9.52. The van der Waals surface area contributed by atoms with Gasteiger partial charge in [0.1, 0.15) is 0 Å². The van der Waals surface area contributed by atoms with Crippen LogP contribution >= 0.6 is 15.9 Å². The molecule has 0 amide bonds. The third kappa shape index (κ3) is 1.21. The highest BCUT2D eigenvalue weighted by Crippen LogP contribution is 2.61. The van der Waals surface area contributed by atoms with Gasteiger partial charge < -0.3 is 5.11 Å². The molecule has 1 nitrogen and oxygen atoms in total. The summed E-state index contributed by atoms with van der Waals surface area (Å²) in [6.45, 7) is 0. The number of rotatable bonds is 1. The maximum absolute atomic E-state index is 10.4. The lowest BCUT2D eigenvalue weighted by molar-refractivity contribution is -0.155. The molecule has 0 saturated heterocycles. The quantitative estimate of drug-likeness (QED) is 0.704. The van der Waals surface area contributed by atoms with E-state index in [1.807, 2.05) is 0 Å². The number of halogens is 1. The van der Waals surface area contributed by atoms with Gasteiger partial charge in [0.15, 0.2) is 0 Å². The molecule has 0 heterocycles. The van der Waals surface area contributed by atoms with Crippen LogP contribution in [0.25, 0.3) is 0 Å². The van der Waals surface area contributed by atoms with E-state index >= 15 is 0 Å². The first-order valence-corrected chi connectivity index (χ1v) is 6.54. The molecule has 0 radical (unpaired) electrons. The van der Waals surface area contributed by atoms with Crippen LogP contribution in [0.2, 0.25) is 0 Å². The van der Waals surface area contributed by atoms with Gasteiger partial charge >= 0.3 is 0 Å². The van der Waals surface area contributed by atoms with Gasteiger partial charge in [-0.1, -0.05) is 15.9 Å². The van der Waals surface area contributed by atoms with Crippen molar-refractivity contribution >= 4 is 15.9 Å². The molecule has 4 aliphatic carbocycles. The minimum Gasteiger partial charge on any atom is -0.390 e. The lowest BCUT2D eigenvalue weighted by Gasteiger charge is -2.60. The lowest BCUT2D eigenvalue weighted by Crippen LogP contribution is -2.56. The molecule has 0 aliphatic heterocycles. The van der Waals surface area contributed by atoms with Crippen LogP contribution in [0.4, 0.5) is 0 Å². The van der Waals surface area contributed by atoms with Crippen LogP contribution in [-0.4, -0.2) is 16.0 Å². The average Bonchev–Trinajstić information content (AvgIpc) is 1.99. The monoisotopic (exact) mass is 244 g/mol. The summed E-state index contributed by atoms with van der Waals surface area (Å²) in [5, 5.41) is 11.5. The van der Waals surface area contributed by atoms with Crippen LogP contribution < -0.4 is 0 Å². The van der Waals surface area contributed by atoms with Crippen LogP contribution in [0.3, 0.4) is 0 Å². The Bertz CT molecular complexity index is 224. The summed E-state index contributed by atoms with van der Waals surface area (Å²) >= 11 is 3.65. The molecule has 4 fully saturated rings. The van der Waals surface area contributed by atoms with E-state index in [4.69, 9.17) is 0 Å². The predicted octanol–water partition coefficient (Wildman–Crippen LogP) is 2.71. The predicted molar refractivity (Wildman–Crippen MR) is 55.9 cm³/mol. The van der Waals surface area contributed by atoms with Gasteiger partial charge in [0.25, 0.3) is 0 Å². The zero-order chi connectivity index (χ0) is 9.10. The van der Waals surface area contributed by atoms with Crippen molar-refractivity contribution in [1.82, 2.24) is 0 Å². The summed E-state index contributed by atoms with van der Waals surface area (Å²) in [5.41, 5.74) is 0.205. The highest BCUT2D eigenvalue weighted by Gasteiger charge is 2.56. The first kappa shape index (κ1) is 8.72. The maximum Gasteiger partial charge on any atom is 0.0658 e. The van der Waals surface area contributed by atoms with E-state index in [1.54, 1.807) is 0 Å². The fourth-order valence-electron chi connectivity index (χ4n) is 4.56. The Labute approximate surface area is 88.0 Å². The molecule has 0 aromatic carbocycles. The van der Waals surface area contributed by atoms with Gasteiger partial charge in [-0.3, -0.25) is 0 Å². The number of hydrogen-bond donors (Lipinski definition) is 1. The zero-order valence-electron chi connectivity index (χ0n) is 7.93. The first-order valence-electron chi connectivity index (χ1n) is 5.42. The van der Waals surface area contributed by atoms with Crippen molar-refractivity contribution in [2.24, 2.45) is 17.3 Å². The largest absolute Gasteiger partial charge is 0.390 e. The second kappa shape index (κ2) is 2.52. The molecule has 2 heteroatoms. The summed E-state index contributed by atoms with van der Waals surface area (Å²) in [4.78, 5) is 0. The molecule has 4 bridgehead atoms. The van der Waals surface area contributed by atoms with Crippen molar-refractivity contribution in [3.8, 4) is 0 Å². The number of alkyl halides is 1. The van der Waals surface area contributed by atoms with Crippen molar-refractivity contribution in [3.63, 3.8) is 0 Å². The molecule has 0 aromatic heterocycles. The van der Waals surface area contributed by atoms with E-state index in [0.29, 0.717) is 5.41 Å². The van der Waals surface area contributed by atoms with Crippen molar-refractivity contribution in [3.05, 3.63) is 0 Å². The van der Waals surface area contributed by atoms with Gasteiger partial charge in [0.2, 0.25) is 0 Å². The van der Waals surface area contributed by atoms with Crippen LogP contribution in [0.1, 0.15) is 38.5 Å². The molecular weight excluding hydrogens is 228 g/mol. The van der Waals surface area contributed by atoms with Crippen LogP contribution in [0.15, 0.2) is 0 Å². The summed E-state index contributed by atoms with van der Waals surface area (Å²) in [6, 6.07) is 0. The van der Waals surface area contributed by atoms with Crippen LogP contribution in [0.5, 0.6) is 0 Å². The fraction of sp³-hybridized carbons (Fsp3) is 1.00. The Kier molecular flexibility index (Phi) is 1.69. The average molecular weight is 245 g/mol. The third-order valence-electron chi connectivity index (χ3n) is 4.43. The normalized spacial score (nSPS) is 58.6. The molecule has 0 aromatic rings. The van der Waals surface area contributed by atoms with Crippen molar-refractivity contribution in [1.29, 1.82) is 0 Å². The highest BCUT2D eigenvalue weighted by molar-refractivity contribution is 9.09. The van der Waals surface area contributed by atoms with E-state index in [9.17, 15) is 5.11 Å². The SMILES string of the molecule is OC12C[C@@H]3C[C@@H](C1)CC(CBr)(C3)C2. The molecule has 4 rings (SSSR count). The molecule has 2 atom stereocenters. The number of hydrogen-bond acceptors (Lipinski definition) is 1. The van der Waals surface area contributed by atoms with Crippen molar-refractivity contribution < 1.29 is 5.11 Å². The number of aliphatic hydroxyl groups is 1. The van der Waals surface area contributed by atoms with Gasteiger partial charge in [-0.25, -0.2) is 0 Å². The summed E-state index contributed by atoms with van der Waals surface area (Å²) in [6.07, 6.45) is 7.40. The molecule has 0 spiro atoms. The van der Waals surface area contributed by atoms with E-state index in [-0.39, 0.29) is 5.60 Å². The third-order valence-corrected chi connectivity index (χ3v) is 5.62. The van der Waals surface area contributed by atoms with E-state index in [1.165, 1.54) is 19.3 Å². The topological polar surface area (TPSA) is 20.2 Å². The smallest absolute Gasteiger partial charge is 0.0658 e. The Balaban J connectivity index is 1.95. The molecule has 0 unspecified atom stereocenters. The van der Waals surface area contributed by atoms with Gasteiger partial charge in [-0.05, 0) is 55.8 Å². The highest BCUT2D eigenvalue weighted by atomic mass is 79.9. The van der Waals surface area contributed by atoms with Crippen LogP contribution in [-0.2, 0) is 0 Å². The standard InChI is InChI=1S/C11H17BrO/c12-7-10-2-8-1-9(3-10)5-11(13,4-8)6-10/h8-9,13H,1-7H2/t8-,9-,10?,11?/m1/s1. The second-order valence-corrected chi connectivity index (χ2v) is 6.38. The molecule has 4 saturated carbocycles. The molecule has 13 heavy (non-hydrogen) atoms. The Morgan fingerprint density at radius 3 is 2.23 bits per heavy atom. The lowest BCUT2D eigenvalue weighted by atomic mass is 9.48. The van der Waals surface area contributed by atoms with Gasteiger partial charge in [0, 0.05) is 5.33 Å². The molecule has 4 aliphatic rings. The Morgan fingerprint density at radius 2 is 1.77 bits per heavy atom. The Morgan fingerprint density at radius 1 is 1.15 bits per heavy atom.